The average Bonchev–Trinajstić information content (AvgIpc) is 2.10. The molecule has 1 N–H and O–H groups in total. The van der Waals surface area contributed by atoms with Gasteiger partial charge in [0.15, 0.2) is 0 Å². The molecule has 0 fully saturated rings. The van der Waals surface area contributed by atoms with E-state index in [-0.39, 0.29) is 12.2 Å². The Hall–Kier alpha value is -1.13. The van der Waals surface area contributed by atoms with Crippen molar-refractivity contribution in [1.29, 1.82) is 5.26 Å². The van der Waals surface area contributed by atoms with Gasteiger partial charge >= 0.3 is 5.97 Å². The smallest absolute Gasteiger partial charge is 0.318 e. The molecule has 0 aromatic carbocycles. The molecule has 0 saturated heterocycles. The lowest BCUT2D eigenvalue weighted by Gasteiger charge is -2.23. The van der Waals surface area contributed by atoms with Crippen LogP contribution in [0.1, 0.15) is 20.3 Å². The number of carboxylic acids is 1. The van der Waals surface area contributed by atoms with Crippen LogP contribution in [0.2, 0.25) is 0 Å². The zero-order valence-electron chi connectivity index (χ0n) is 8.67. The second-order valence-corrected chi connectivity index (χ2v) is 5.30. The summed E-state index contributed by atoms with van der Waals surface area (Å²) in [4.78, 5) is 10.5. The van der Waals surface area contributed by atoms with Gasteiger partial charge in [-0.3, -0.25) is 4.79 Å². The summed E-state index contributed by atoms with van der Waals surface area (Å²) < 4.78 is 24.0. The molecule has 7 heteroatoms. The largest absolute Gasteiger partial charge is 0.480 e. The van der Waals surface area contributed by atoms with E-state index in [0.29, 0.717) is 0 Å². The Bertz CT molecular complexity index is 355. The molecule has 0 atom stereocenters. The molecule has 0 radical (unpaired) electrons. The molecule has 0 aliphatic carbocycles. The zero-order chi connectivity index (χ0) is 12.1. The van der Waals surface area contributed by atoms with E-state index in [4.69, 9.17) is 10.4 Å². The molecular formula is C8H14N2O4S. The van der Waals surface area contributed by atoms with E-state index in [1.807, 2.05) is 0 Å². The standard InChI is InChI=1S/C8H14N2O4S/c1-7(2)10(6-8(11)12)15(13,14)5-3-4-9/h7H,3,5-6H2,1-2H3,(H,11,12). The summed E-state index contributed by atoms with van der Waals surface area (Å²) in [5.74, 6) is -1.54. The predicted molar refractivity (Wildman–Crippen MR) is 53.5 cm³/mol. The highest BCUT2D eigenvalue weighted by Gasteiger charge is 2.26. The van der Waals surface area contributed by atoms with Crippen molar-refractivity contribution in [2.45, 2.75) is 26.3 Å². The molecule has 6 nitrogen and oxygen atoms in total. The number of nitriles is 1. The Balaban J connectivity index is 4.76. The summed E-state index contributed by atoms with van der Waals surface area (Å²) >= 11 is 0. The Labute approximate surface area is 89.2 Å². The fraction of sp³-hybridized carbons (Fsp3) is 0.750. The fourth-order valence-corrected chi connectivity index (χ4v) is 2.56. The van der Waals surface area contributed by atoms with E-state index >= 15 is 0 Å². The van der Waals surface area contributed by atoms with Gasteiger partial charge in [-0.05, 0) is 13.8 Å². The molecule has 15 heavy (non-hydrogen) atoms. The molecule has 0 amide bonds. The van der Waals surface area contributed by atoms with Crippen LogP contribution in [-0.4, -0.2) is 42.1 Å². The van der Waals surface area contributed by atoms with E-state index in [2.05, 4.69) is 0 Å². The van der Waals surface area contributed by atoms with E-state index in [0.717, 1.165) is 4.31 Å². The van der Waals surface area contributed by atoms with Crippen molar-refractivity contribution >= 4 is 16.0 Å². The number of aliphatic carboxylic acids is 1. The molecule has 0 aromatic rings. The number of sulfonamides is 1. The molecule has 86 valence electrons. The molecule has 0 bridgehead atoms. The monoisotopic (exact) mass is 234 g/mol. The fourth-order valence-electron chi connectivity index (χ4n) is 1.03. The van der Waals surface area contributed by atoms with E-state index in [1.165, 1.54) is 0 Å². The van der Waals surface area contributed by atoms with Gasteiger partial charge in [-0.25, -0.2) is 8.42 Å². The zero-order valence-corrected chi connectivity index (χ0v) is 9.49. The van der Waals surface area contributed by atoms with Crippen LogP contribution >= 0.6 is 0 Å². The van der Waals surface area contributed by atoms with Crippen molar-refractivity contribution in [3.63, 3.8) is 0 Å². The molecule has 0 aliphatic rings. The number of hydrogen-bond donors (Lipinski definition) is 1. The Morgan fingerprint density at radius 1 is 1.53 bits per heavy atom. The van der Waals surface area contributed by atoms with E-state index in [1.54, 1.807) is 19.9 Å². The lowest BCUT2D eigenvalue weighted by atomic mass is 10.4. The Kier molecular flexibility index (Phi) is 5.25. The van der Waals surface area contributed by atoms with Gasteiger partial charge in [-0.2, -0.15) is 9.57 Å². The molecule has 0 spiro atoms. The minimum atomic E-state index is -3.65. The van der Waals surface area contributed by atoms with Gasteiger partial charge in [0.1, 0.15) is 6.54 Å². The minimum absolute atomic E-state index is 0.134. The number of carbonyl (C=O) groups is 1. The summed E-state index contributed by atoms with van der Waals surface area (Å²) in [6.07, 6.45) is -0.134. The number of rotatable bonds is 6. The first-order valence-corrected chi connectivity index (χ1v) is 6.00. The van der Waals surface area contributed by atoms with Crippen LogP contribution in [0.25, 0.3) is 0 Å². The van der Waals surface area contributed by atoms with Gasteiger partial charge in [0.25, 0.3) is 0 Å². The van der Waals surface area contributed by atoms with Crippen LogP contribution in [0, 0.1) is 11.3 Å². The normalized spacial score (nSPS) is 11.7. The third kappa shape index (κ3) is 4.76. The van der Waals surface area contributed by atoms with Crippen LogP contribution in [0.15, 0.2) is 0 Å². The molecule has 0 rings (SSSR count). The lowest BCUT2D eigenvalue weighted by Crippen LogP contribution is -2.41. The van der Waals surface area contributed by atoms with Gasteiger partial charge in [0.05, 0.1) is 18.2 Å². The van der Waals surface area contributed by atoms with E-state index < -0.39 is 28.6 Å². The quantitative estimate of drug-likeness (QED) is 0.698. The van der Waals surface area contributed by atoms with E-state index in [9.17, 15) is 13.2 Å². The Morgan fingerprint density at radius 3 is 2.40 bits per heavy atom. The highest BCUT2D eigenvalue weighted by Crippen LogP contribution is 2.08. The van der Waals surface area contributed by atoms with Crippen molar-refractivity contribution in [1.82, 2.24) is 4.31 Å². The van der Waals surface area contributed by atoms with Crippen LogP contribution in [0.4, 0.5) is 0 Å². The Morgan fingerprint density at radius 2 is 2.07 bits per heavy atom. The third-order valence-electron chi connectivity index (χ3n) is 1.70. The molecule has 0 aliphatic heterocycles. The average molecular weight is 234 g/mol. The number of hydrogen-bond acceptors (Lipinski definition) is 4. The van der Waals surface area contributed by atoms with Crippen molar-refractivity contribution < 1.29 is 18.3 Å². The van der Waals surface area contributed by atoms with Gasteiger partial charge in [0, 0.05) is 6.04 Å². The minimum Gasteiger partial charge on any atom is -0.480 e. The molecular weight excluding hydrogens is 220 g/mol. The summed E-state index contributed by atoms with van der Waals surface area (Å²) in [7, 11) is -3.65. The van der Waals surface area contributed by atoms with Crippen LogP contribution in [0.3, 0.4) is 0 Å². The predicted octanol–water partition coefficient (Wildman–Crippen LogP) is 0.0249. The SMILES string of the molecule is CC(C)N(CC(=O)O)S(=O)(=O)CCC#N. The molecule has 0 unspecified atom stereocenters. The maximum absolute atomic E-state index is 11.6. The second-order valence-electron chi connectivity index (χ2n) is 3.26. The molecule has 0 saturated carbocycles. The highest BCUT2D eigenvalue weighted by atomic mass is 32.2. The van der Waals surface area contributed by atoms with Crippen molar-refractivity contribution in [2.24, 2.45) is 0 Å². The third-order valence-corrected chi connectivity index (χ3v) is 3.68. The van der Waals surface area contributed by atoms with Crippen molar-refractivity contribution in [2.75, 3.05) is 12.3 Å². The number of nitrogens with zero attached hydrogens (tertiary/aromatic N) is 2. The van der Waals surface area contributed by atoms with Crippen LogP contribution in [0.5, 0.6) is 0 Å². The summed E-state index contributed by atoms with van der Waals surface area (Å²) in [6, 6.07) is 1.29. The summed E-state index contributed by atoms with van der Waals surface area (Å²) in [5.41, 5.74) is 0. The first kappa shape index (κ1) is 13.9. The van der Waals surface area contributed by atoms with Crippen molar-refractivity contribution in [3.05, 3.63) is 0 Å². The van der Waals surface area contributed by atoms with Crippen molar-refractivity contribution in [3.8, 4) is 6.07 Å². The summed E-state index contributed by atoms with van der Waals surface area (Å²) in [6.45, 7) is 2.62. The first-order chi connectivity index (χ1) is 6.81. The molecule has 0 heterocycles. The van der Waals surface area contributed by atoms with Crippen LogP contribution in [-0.2, 0) is 14.8 Å². The van der Waals surface area contributed by atoms with Gasteiger partial charge in [-0.15, -0.1) is 0 Å². The highest BCUT2D eigenvalue weighted by molar-refractivity contribution is 7.89. The van der Waals surface area contributed by atoms with Crippen LogP contribution < -0.4 is 0 Å². The first-order valence-electron chi connectivity index (χ1n) is 4.39. The maximum atomic E-state index is 11.6. The molecule has 0 aromatic heterocycles. The van der Waals surface area contributed by atoms with Gasteiger partial charge < -0.3 is 5.11 Å². The topological polar surface area (TPSA) is 98.5 Å². The number of carboxylic acid groups (broad SMARTS) is 1. The second kappa shape index (κ2) is 5.68. The lowest BCUT2D eigenvalue weighted by molar-refractivity contribution is -0.137. The van der Waals surface area contributed by atoms with Gasteiger partial charge in [-0.1, -0.05) is 0 Å². The maximum Gasteiger partial charge on any atom is 0.318 e. The summed E-state index contributed by atoms with van der Waals surface area (Å²) in [5, 5.41) is 16.8. The van der Waals surface area contributed by atoms with Gasteiger partial charge in [0.2, 0.25) is 10.0 Å².